The van der Waals surface area contributed by atoms with Crippen LogP contribution in [0.25, 0.3) is 0 Å². The van der Waals surface area contributed by atoms with Crippen LogP contribution in [0.5, 0.6) is 0 Å². The maximum atomic E-state index is 13.4. The van der Waals surface area contributed by atoms with Gasteiger partial charge >= 0.3 is 12.0 Å². The maximum Gasteiger partial charge on any atom is 0.324 e. The summed E-state index contributed by atoms with van der Waals surface area (Å²) in [5, 5.41) is 20.0. The summed E-state index contributed by atoms with van der Waals surface area (Å²) in [5.74, 6) is -2.17. The summed E-state index contributed by atoms with van der Waals surface area (Å²) in [4.78, 5) is 24.4. The first-order valence-electron chi connectivity index (χ1n) is 11.6. The number of aliphatic hydroxyl groups is 1. The molecule has 33 heavy (non-hydrogen) atoms. The molecule has 0 bridgehead atoms. The van der Waals surface area contributed by atoms with Gasteiger partial charge in [-0.15, -0.1) is 0 Å². The Kier molecular flexibility index (Phi) is 6.21. The van der Waals surface area contributed by atoms with Crippen molar-refractivity contribution in [3.8, 4) is 0 Å². The van der Waals surface area contributed by atoms with E-state index in [1.807, 2.05) is 4.90 Å². The van der Waals surface area contributed by atoms with Crippen molar-refractivity contribution in [1.29, 1.82) is 0 Å². The molecule has 2 aromatic rings. The second-order valence-corrected chi connectivity index (χ2v) is 10.3. The van der Waals surface area contributed by atoms with E-state index in [0.29, 0.717) is 62.2 Å². The van der Waals surface area contributed by atoms with Crippen molar-refractivity contribution in [2.45, 2.75) is 88.3 Å². The Balaban J connectivity index is 1.16. The first kappa shape index (κ1) is 22.5. The third-order valence-corrected chi connectivity index (χ3v) is 7.77. The minimum atomic E-state index is -2.58. The Bertz CT molecular complexity index is 981. The predicted molar refractivity (Wildman–Crippen MR) is 118 cm³/mol. The van der Waals surface area contributed by atoms with Crippen molar-refractivity contribution in [3.05, 3.63) is 16.4 Å². The fourth-order valence-electron chi connectivity index (χ4n) is 4.77. The number of alkyl halides is 2. The van der Waals surface area contributed by atoms with Gasteiger partial charge in [0.2, 0.25) is 5.92 Å². The molecule has 0 spiro atoms. The van der Waals surface area contributed by atoms with Gasteiger partial charge in [-0.1, -0.05) is 16.5 Å². The molecule has 5 rings (SSSR count). The average molecular weight is 483 g/mol. The summed E-state index contributed by atoms with van der Waals surface area (Å²) in [6.45, 7) is 1.19. The second-order valence-electron chi connectivity index (χ2n) is 9.23. The van der Waals surface area contributed by atoms with Gasteiger partial charge in [-0.05, 0) is 38.5 Å². The number of nitrogens with zero attached hydrogens (tertiary/aromatic N) is 4. The number of halogens is 2. The number of thiazole rings is 1. The van der Waals surface area contributed by atoms with Crippen LogP contribution in [0, 0.1) is 0 Å². The zero-order chi connectivity index (χ0) is 23.0. The number of hydrogen-bond donors (Lipinski definition) is 3. The van der Waals surface area contributed by atoms with Crippen molar-refractivity contribution in [1.82, 2.24) is 20.4 Å². The predicted octanol–water partition coefficient (Wildman–Crippen LogP) is 3.81. The molecule has 2 saturated carbocycles. The maximum absolute atomic E-state index is 13.4. The highest BCUT2D eigenvalue weighted by Crippen LogP contribution is 2.40. The lowest BCUT2D eigenvalue weighted by atomic mass is 9.86. The van der Waals surface area contributed by atoms with Crippen molar-refractivity contribution in [2.75, 3.05) is 16.8 Å². The topological polar surface area (TPSA) is 116 Å². The summed E-state index contributed by atoms with van der Waals surface area (Å²) in [5.41, 5.74) is 0.946. The molecule has 2 amide bonds. The van der Waals surface area contributed by atoms with E-state index in [1.54, 1.807) is 0 Å². The summed E-state index contributed by atoms with van der Waals surface area (Å²) in [6, 6.07) is 0.188. The molecule has 0 aromatic carbocycles. The lowest BCUT2D eigenvalue weighted by Gasteiger charge is -2.26. The van der Waals surface area contributed by atoms with Crippen LogP contribution in [-0.2, 0) is 13.0 Å². The van der Waals surface area contributed by atoms with Crippen LogP contribution in [0.3, 0.4) is 0 Å². The van der Waals surface area contributed by atoms with Crippen molar-refractivity contribution in [3.63, 3.8) is 0 Å². The van der Waals surface area contributed by atoms with Crippen LogP contribution < -0.4 is 15.5 Å². The molecule has 12 heteroatoms. The van der Waals surface area contributed by atoms with Crippen LogP contribution in [-0.4, -0.2) is 50.9 Å². The van der Waals surface area contributed by atoms with E-state index in [1.165, 1.54) is 11.3 Å². The van der Waals surface area contributed by atoms with Gasteiger partial charge in [0, 0.05) is 42.6 Å². The number of carbonyl (C=O) groups excluding carboxylic acids is 1. The first-order valence-corrected chi connectivity index (χ1v) is 12.4. The molecule has 2 aliphatic carbocycles. The highest BCUT2D eigenvalue weighted by Gasteiger charge is 2.37. The SMILES string of the molecule is O=C(Nc1nc2c(s1)CN(c1nc(C3CCC(F)(F)CC3)no1)CC2)NC1CCC(O)CC1. The van der Waals surface area contributed by atoms with Crippen LogP contribution >= 0.6 is 11.3 Å². The van der Waals surface area contributed by atoms with Gasteiger partial charge in [-0.2, -0.15) is 4.98 Å². The molecule has 0 radical (unpaired) electrons. The standard InChI is InChI=1S/C21H28F2N6O3S/c22-21(23)8-5-12(6-9-21)17-26-20(32-28-17)29-10-7-15-16(11-29)33-19(25-15)27-18(31)24-13-1-3-14(30)4-2-13/h12-14,30H,1-11H2,(H2,24,25,27,31). The summed E-state index contributed by atoms with van der Waals surface area (Å²) >= 11 is 1.42. The van der Waals surface area contributed by atoms with E-state index in [4.69, 9.17) is 4.52 Å². The van der Waals surface area contributed by atoms with Crippen LogP contribution in [0.15, 0.2) is 4.52 Å². The minimum absolute atomic E-state index is 0.0700. The number of rotatable bonds is 4. The van der Waals surface area contributed by atoms with E-state index in [2.05, 4.69) is 25.8 Å². The van der Waals surface area contributed by atoms with Crippen LogP contribution in [0.2, 0.25) is 0 Å². The number of aliphatic hydroxyl groups excluding tert-OH is 1. The number of amides is 2. The zero-order valence-corrected chi connectivity index (χ0v) is 19.0. The van der Waals surface area contributed by atoms with Crippen LogP contribution in [0.1, 0.15) is 73.7 Å². The number of anilines is 2. The van der Waals surface area contributed by atoms with Crippen molar-refractivity contribution < 1.29 is 23.2 Å². The molecule has 3 heterocycles. The fraction of sp³-hybridized carbons (Fsp3) is 0.714. The van der Waals surface area contributed by atoms with Gasteiger partial charge in [0.25, 0.3) is 0 Å². The molecule has 3 aliphatic rings. The van der Waals surface area contributed by atoms with Gasteiger partial charge in [0.1, 0.15) is 0 Å². The zero-order valence-electron chi connectivity index (χ0n) is 18.2. The number of urea groups is 1. The molecular weight excluding hydrogens is 454 g/mol. The molecule has 180 valence electrons. The molecule has 1 aliphatic heterocycles. The molecule has 2 fully saturated rings. The van der Waals surface area contributed by atoms with Gasteiger partial charge in [-0.3, -0.25) is 5.32 Å². The van der Waals surface area contributed by atoms with Crippen molar-refractivity contribution >= 4 is 28.5 Å². The molecule has 0 atom stereocenters. The Hall–Kier alpha value is -2.34. The summed E-state index contributed by atoms with van der Waals surface area (Å²) < 4.78 is 32.3. The highest BCUT2D eigenvalue weighted by atomic mass is 32.1. The average Bonchev–Trinajstić information content (AvgIpc) is 3.41. The number of carbonyl (C=O) groups is 1. The summed E-state index contributed by atoms with van der Waals surface area (Å²) in [7, 11) is 0. The lowest BCUT2D eigenvalue weighted by molar-refractivity contribution is -0.0389. The minimum Gasteiger partial charge on any atom is -0.393 e. The van der Waals surface area contributed by atoms with Gasteiger partial charge < -0.3 is 19.8 Å². The van der Waals surface area contributed by atoms with E-state index < -0.39 is 5.92 Å². The van der Waals surface area contributed by atoms with E-state index in [9.17, 15) is 18.7 Å². The number of aromatic nitrogens is 3. The molecule has 2 aromatic heterocycles. The van der Waals surface area contributed by atoms with E-state index >= 15 is 0 Å². The Morgan fingerprint density at radius 3 is 2.67 bits per heavy atom. The molecular formula is C21H28F2N6O3S. The molecule has 3 N–H and O–H groups in total. The van der Waals surface area contributed by atoms with E-state index in [0.717, 1.165) is 23.4 Å². The normalized spacial score (nSPS) is 25.5. The quantitative estimate of drug-likeness (QED) is 0.607. The van der Waals surface area contributed by atoms with E-state index in [-0.39, 0.29) is 36.9 Å². The highest BCUT2D eigenvalue weighted by molar-refractivity contribution is 7.15. The third kappa shape index (κ3) is 5.26. The van der Waals surface area contributed by atoms with Gasteiger partial charge in [0.15, 0.2) is 11.0 Å². The number of nitrogens with one attached hydrogen (secondary N) is 2. The molecule has 0 saturated heterocycles. The van der Waals surface area contributed by atoms with Crippen LogP contribution in [0.4, 0.5) is 24.7 Å². The molecule has 0 unspecified atom stereocenters. The van der Waals surface area contributed by atoms with Gasteiger partial charge in [-0.25, -0.2) is 18.6 Å². The monoisotopic (exact) mass is 482 g/mol. The van der Waals surface area contributed by atoms with Crippen molar-refractivity contribution in [2.24, 2.45) is 0 Å². The molecule has 9 nitrogen and oxygen atoms in total. The first-order chi connectivity index (χ1) is 15.8. The lowest BCUT2D eigenvalue weighted by Crippen LogP contribution is -2.40. The summed E-state index contributed by atoms with van der Waals surface area (Å²) in [6.07, 6.45) is 3.83. The third-order valence-electron chi connectivity index (χ3n) is 6.77. The number of hydrogen-bond acceptors (Lipinski definition) is 8. The fourth-order valence-corrected chi connectivity index (χ4v) is 5.79. The second kappa shape index (κ2) is 9.13. The largest absolute Gasteiger partial charge is 0.393 e. The smallest absolute Gasteiger partial charge is 0.324 e. The van der Waals surface area contributed by atoms with Gasteiger partial charge in [0.05, 0.1) is 18.3 Å². The Morgan fingerprint density at radius 1 is 1.15 bits per heavy atom. The number of fused-ring (bicyclic) bond motifs is 1. The Labute approximate surface area is 194 Å². The Morgan fingerprint density at radius 2 is 1.91 bits per heavy atom.